The zero-order valence-electron chi connectivity index (χ0n) is 11.2. The number of halogens is 2. The van der Waals surface area contributed by atoms with Crippen LogP contribution in [0.25, 0.3) is 0 Å². The number of hydrogen-bond acceptors (Lipinski definition) is 5. The minimum Gasteiger partial charge on any atom is -0.489 e. The Bertz CT molecular complexity index is 689. The van der Waals surface area contributed by atoms with Gasteiger partial charge in [0.25, 0.3) is 0 Å². The Kier molecular flexibility index (Phi) is 5.88. The Morgan fingerprint density at radius 3 is 2.19 bits per heavy atom. The van der Waals surface area contributed by atoms with Crippen molar-refractivity contribution < 1.29 is 4.74 Å². The van der Waals surface area contributed by atoms with Crippen molar-refractivity contribution in [1.29, 1.82) is 15.8 Å². The minimum atomic E-state index is -0.341. The van der Waals surface area contributed by atoms with Crippen LogP contribution in [0.1, 0.15) is 13.8 Å². The Morgan fingerprint density at radius 1 is 1.10 bits per heavy atom. The van der Waals surface area contributed by atoms with Crippen LogP contribution in [0.15, 0.2) is 23.4 Å². The van der Waals surface area contributed by atoms with Crippen molar-refractivity contribution in [2.75, 3.05) is 5.32 Å². The van der Waals surface area contributed by atoms with Gasteiger partial charge in [-0.3, -0.25) is 0 Å². The highest BCUT2D eigenvalue weighted by atomic mass is 35.5. The van der Waals surface area contributed by atoms with E-state index in [1.54, 1.807) is 18.2 Å². The summed E-state index contributed by atoms with van der Waals surface area (Å²) >= 11 is 12.1. The third-order valence-corrected chi connectivity index (χ3v) is 2.84. The highest BCUT2D eigenvalue weighted by molar-refractivity contribution is 6.36. The second kappa shape index (κ2) is 7.41. The SMILES string of the molecule is CC(C)Oc1cc(Cl)c(NC(C#N)=C(C#N)C#N)cc1Cl. The molecule has 0 saturated heterocycles. The topological polar surface area (TPSA) is 92.6 Å². The van der Waals surface area contributed by atoms with Gasteiger partial charge < -0.3 is 10.1 Å². The number of hydrogen-bond donors (Lipinski definition) is 1. The first kappa shape index (κ1) is 16.7. The van der Waals surface area contributed by atoms with Crippen molar-refractivity contribution >= 4 is 28.9 Å². The van der Waals surface area contributed by atoms with Crippen molar-refractivity contribution in [3.05, 3.63) is 33.4 Å². The van der Waals surface area contributed by atoms with Crippen LogP contribution in [0, 0.1) is 34.0 Å². The highest BCUT2D eigenvalue weighted by Gasteiger charge is 2.13. The standard InChI is InChI=1S/C14H10Cl2N4O/c1-8(2)21-14-4-10(15)12(3-11(14)16)20-13(7-19)9(5-17)6-18/h3-4,8,20H,1-2H3. The molecular formula is C14H10Cl2N4O. The molecule has 7 heteroatoms. The summed E-state index contributed by atoms with van der Waals surface area (Å²) in [5, 5.41) is 29.7. The second-order valence-electron chi connectivity index (χ2n) is 4.14. The third-order valence-electron chi connectivity index (χ3n) is 2.23. The van der Waals surface area contributed by atoms with Crippen LogP contribution in [0.3, 0.4) is 0 Å². The molecule has 1 aromatic rings. The summed E-state index contributed by atoms with van der Waals surface area (Å²) in [5.74, 6) is 0.408. The summed E-state index contributed by atoms with van der Waals surface area (Å²) < 4.78 is 5.48. The van der Waals surface area contributed by atoms with Crippen molar-refractivity contribution in [1.82, 2.24) is 0 Å². The predicted octanol–water partition coefficient (Wildman–Crippen LogP) is 4.02. The summed E-state index contributed by atoms with van der Waals surface area (Å²) in [5.41, 5.74) is -0.236. The average molecular weight is 321 g/mol. The molecule has 106 valence electrons. The molecule has 0 aliphatic carbocycles. The van der Waals surface area contributed by atoms with Crippen LogP contribution < -0.4 is 10.1 Å². The van der Waals surface area contributed by atoms with Crippen LogP contribution in [-0.4, -0.2) is 6.10 Å². The molecule has 0 spiro atoms. The fraction of sp³-hybridized carbons (Fsp3) is 0.214. The van der Waals surface area contributed by atoms with Gasteiger partial charge in [0.05, 0.1) is 21.8 Å². The van der Waals surface area contributed by atoms with Crippen LogP contribution in [0.2, 0.25) is 10.0 Å². The number of nitrogens with one attached hydrogen (secondary N) is 1. The van der Waals surface area contributed by atoms with E-state index in [4.69, 9.17) is 43.7 Å². The van der Waals surface area contributed by atoms with Gasteiger partial charge in [-0.1, -0.05) is 23.2 Å². The zero-order valence-corrected chi connectivity index (χ0v) is 12.7. The first-order valence-corrected chi connectivity index (χ1v) is 6.55. The first-order chi connectivity index (χ1) is 9.92. The molecule has 0 aliphatic heterocycles. The number of allylic oxidation sites excluding steroid dienone is 2. The number of nitriles is 3. The normalized spacial score (nSPS) is 9.24. The highest BCUT2D eigenvalue weighted by Crippen LogP contribution is 2.35. The minimum absolute atomic E-state index is 0.0734. The van der Waals surface area contributed by atoms with E-state index in [-0.39, 0.29) is 22.4 Å². The van der Waals surface area contributed by atoms with Gasteiger partial charge in [0.2, 0.25) is 0 Å². The predicted molar refractivity (Wildman–Crippen MR) is 79.7 cm³/mol. The molecule has 0 fully saturated rings. The van der Waals surface area contributed by atoms with Crippen molar-refractivity contribution in [3.8, 4) is 24.0 Å². The Labute approximate surface area is 132 Å². The molecule has 1 N–H and O–H groups in total. The van der Waals surface area contributed by atoms with Crippen LogP contribution in [0.5, 0.6) is 5.75 Å². The summed E-state index contributed by atoms with van der Waals surface area (Å²) in [6, 6.07) is 7.95. The van der Waals surface area contributed by atoms with Crippen molar-refractivity contribution in [2.45, 2.75) is 20.0 Å². The second-order valence-corrected chi connectivity index (χ2v) is 4.95. The van der Waals surface area contributed by atoms with Gasteiger partial charge in [0.15, 0.2) is 5.57 Å². The number of benzene rings is 1. The maximum Gasteiger partial charge on any atom is 0.163 e. The molecule has 0 heterocycles. The Morgan fingerprint density at radius 2 is 1.71 bits per heavy atom. The number of nitrogens with zero attached hydrogens (tertiary/aromatic N) is 3. The monoisotopic (exact) mass is 320 g/mol. The van der Waals surface area contributed by atoms with E-state index in [0.29, 0.717) is 16.5 Å². The van der Waals surface area contributed by atoms with E-state index in [0.717, 1.165) is 0 Å². The maximum absolute atomic E-state index is 8.98. The molecule has 0 amide bonds. The molecule has 21 heavy (non-hydrogen) atoms. The quantitative estimate of drug-likeness (QED) is 0.846. The summed E-state index contributed by atoms with van der Waals surface area (Å²) in [6.07, 6.45) is -0.0734. The summed E-state index contributed by atoms with van der Waals surface area (Å²) in [7, 11) is 0. The van der Waals surface area contributed by atoms with Gasteiger partial charge in [-0.2, -0.15) is 15.8 Å². The van der Waals surface area contributed by atoms with E-state index in [1.165, 1.54) is 12.1 Å². The van der Waals surface area contributed by atoms with Gasteiger partial charge in [-0.15, -0.1) is 0 Å². The first-order valence-electron chi connectivity index (χ1n) is 5.80. The van der Waals surface area contributed by atoms with Gasteiger partial charge in [-0.25, -0.2) is 0 Å². The molecule has 0 atom stereocenters. The van der Waals surface area contributed by atoms with E-state index in [1.807, 2.05) is 13.8 Å². The van der Waals surface area contributed by atoms with E-state index in [9.17, 15) is 0 Å². The number of ether oxygens (including phenoxy) is 1. The van der Waals surface area contributed by atoms with E-state index >= 15 is 0 Å². The molecule has 1 rings (SSSR count). The molecule has 1 aromatic carbocycles. The van der Waals surface area contributed by atoms with Crippen LogP contribution >= 0.6 is 23.2 Å². The Hall–Kier alpha value is -2.39. The molecule has 0 aromatic heterocycles. The number of anilines is 1. The number of rotatable bonds is 4. The molecule has 0 bridgehead atoms. The van der Waals surface area contributed by atoms with Gasteiger partial charge in [0, 0.05) is 6.07 Å². The maximum atomic E-state index is 8.98. The zero-order chi connectivity index (χ0) is 16.0. The average Bonchev–Trinajstić information content (AvgIpc) is 2.43. The molecule has 0 saturated carbocycles. The third kappa shape index (κ3) is 4.29. The van der Waals surface area contributed by atoms with Gasteiger partial charge in [-0.05, 0) is 19.9 Å². The lowest BCUT2D eigenvalue weighted by Gasteiger charge is -2.14. The largest absolute Gasteiger partial charge is 0.489 e. The van der Waals surface area contributed by atoms with Crippen molar-refractivity contribution in [3.63, 3.8) is 0 Å². The molecule has 0 unspecified atom stereocenters. The molecule has 0 aliphatic rings. The fourth-order valence-electron chi connectivity index (χ4n) is 1.39. The van der Waals surface area contributed by atoms with Gasteiger partial charge >= 0.3 is 0 Å². The summed E-state index contributed by atoms with van der Waals surface area (Å²) in [4.78, 5) is 0. The molecule has 0 radical (unpaired) electrons. The van der Waals surface area contributed by atoms with Gasteiger partial charge in [0.1, 0.15) is 29.7 Å². The smallest absolute Gasteiger partial charge is 0.163 e. The van der Waals surface area contributed by atoms with Crippen LogP contribution in [-0.2, 0) is 0 Å². The lowest BCUT2D eigenvalue weighted by Crippen LogP contribution is -2.07. The fourth-order valence-corrected chi connectivity index (χ4v) is 1.80. The molecule has 5 nitrogen and oxygen atoms in total. The lowest BCUT2D eigenvalue weighted by molar-refractivity contribution is 0.242. The summed E-state index contributed by atoms with van der Waals surface area (Å²) in [6.45, 7) is 3.69. The van der Waals surface area contributed by atoms with E-state index < -0.39 is 0 Å². The molecular weight excluding hydrogens is 311 g/mol. The Balaban J connectivity index is 3.21. The van der Waals surface area contributed by atoms with Crippen LogP contribution in [0.4, 0.5) is 5.69 Å². The van der Waals surface area contributed by atoms with E-state index in [2.05, 4.69) is 5.32 Å². The lowest BCUT2D eigenvalue weighted by atomic mass is 10.2. The van der Waals surface area contributed by atoms with Crippen molar-refractivity contribution in [2.24, 2.45) is 0 Å².